The van der Waals surface area contributed by atoms with Crippen LogP contribution in [0.5, 0.6) is 5.75 Å². The van der Waals surface area contributed by atoms with Gasteiger partial charge in [-0.1, -0.05) is 41.9 Å². The first-order valence-corrected chi connectivity index (χ1v) is 7.29. The maximum Gasteiger partial charge on any atom is 0.121 e. The van der Waals surface area contributed by atoms with Crippen LogP contribution in [0.2, 0.25) is 5.02 Å². The number of hydrogen-bond donors (Lipinski definition) is 1. The van der Waals surface area contributed by atoms with Crippen LogP contribution in [-0.4, -0.2) is 13.2 Å². The van der Waals surface area contributed by atoms with Crippen molar-refractivity contribution < 1.29 is 4.74 Å². The van der Waals surface area contributed by atoms with Gasteiger partial charge in [-0.2, -0.15) is 0 Å². The Kier molecular flexibility index (Phi) is 3.83. The zero-order valence-corrected chi connectivity index (χ0v) is 12.2. The smallest absolute Gasteiger partial charge is 0.121 e. The molecule has 3 heteroatoms. The number of hydrogen-bond acceptors (Lipinski definition) is 2. The summed E-state index contributed by atoms with van der Waals surface area (Å²) in [4.78, 5) is 0. The highest BCUT2D eigenvalue weighted by molar-refractivity contribution is 6.33. The van der Waals surface area contributed by atoms with Crippen LogP contribution < -0.4 is 10.1 Å². The van der Waals surface area contributed by atoms with Crippen molar-refractivity contribution in [3.63, 3.8) is 0 Å². The monoisotopic (exact) mass is 287 g/mol. The molecular formula is C17H18ClNO. The maximum atomic E-state index is 6.21. The van der Waals surface area contributed by atoms with E-state index in [1.807, 2.05) is 18.2 Å². The van der Waals surface area contributed by atoms with Crippen molar-refractivity contribution in [1.82, 2.24) is 0 Å². The predicted octanol–water partition coefficient (Wildman–Crippen LogP) is 4.71. The van der Waals surface area contributed by atoms with Gasteiger partial charge < -0.3 is 10.1 Å². The molecule has 0 atom stereocenters. The molecule has 3 rings (SSSR count). The molecule has 104 valence electrons. The molecular weight excluding hydrogens is 270 g/mol. The van der Waals surface area contributed by atoms with E-state index >= 15 is 0 Å². The number of rotatable bonds is 4. The molecule has 0 bridgehead atoms. The lowest BCUT2D eigenvalue weighted by atomic mass is 9.76. The topological polar surface area (TPSA) is 21.3 Å². The first-order chi connectivity index (χ1) is 9.76. The Hall–Kier alpha value is -1.67. The van der Waals surface area contributed by atoms with Gasteiger partial charge in [-0.25, -0.2) is 0 Å². The molecule has 1 aliphatic rings. The molecule has 2 nitrogen and oxygen atoms in total. The van der Waals surface area contributed by atoms with E-state index < -0.39 is 0 Å². The summed E-state index contributed by atoms with van der Waals surface area (Å²) in [6, 6.07) is 16.9. The summed E-state index contributed by atoms with van der Waals surface area (Å²) < 4.78 is 5.23. The van der Waals surface area contributed by atoms with E-state index in [2.05, 4.69) is 35.6 Å². The molecule has 2 aromatic rings. The molecule has 0 unspecified atom stereocenters. The largest absolute Gasteiger partial charge is 0.497 e. The molecule has 0 amide bonds. The summed E-state index contributed by atoms with van der Waals surface area (Å²) in [5.41, 5.74) is 2.39. The van der Waals surface area contributed by atoms with E-state index in [4.69, 9.17) is 16.3 Å². The van der Waals surface area contributed by atoms with Crippen molar-refractivity contribution >= 4 is 17.3 Å². The highest BCUT2D eigenvalue weighted by atomic mass is 35.5. The maximum absolute atomic E-state index is 6.21. The van der Waals surface area contributed by atoms with E-state index in [9.17, 15) is 0 Å². The third-order valence-electron chi connectivity index (χ3n) is 3.94. The molecule has 0 radical (unpaired) electrons. The van der Waals surface area contributed by atoms with Crippen LogP contribution >= 0.6 is 11.6 Å². The second kappa shape index (κ2) is 5.76. The molecule has 1 aliphatic carbocycles. The lowest BCUT2D eigenvalue weighted by Gasteiger charge is -2.37. The Balaban J connectivity index is 1.61. The highest BCUT2D eigenvalue weighted by Gasteiger charge is 2.30. The highest BCUT2D eigenvalue weighted by Crippen LogP contribution is 2.39. The first kappa shape index (κ1) is 13.3. The first-order valence-electron chi connectivity index (χ1n) is 6.91. The minimum atomic E-state index is 0.491. The molecule has 0 aliphatic heterocycles. The number of benzene rings is 2. The number of nitrogens with one attached hydrogen (secondary N) is 1. The van der Waals surface area contributed by atoms with Gasteiger partial charge in [0.05, 0.1) is 17.8 Å². The fraction of sp³-hybridized carbons (Fsp3) is 0.294. The summed E-state index contributed by atoms with van der Waals surface area (Å²) in [6.45, 7) is 0. The lowest BCUT2D eigenvalue weighted by molar-refractivity contribution is 0.374. The second-order valence-electron chi connectivity index (χ2n) is 5.27. The minimum Gasteiger partial charge on any atom is -0.497 e. The van der Waals surface area contributed by atoms with Crippen molar-refractivity contribution in [2.75, 3.05) is 12.4 Å². The van der Waals surface area contributed by atoms with Crippen LogP contribution in [0.15, 0.2) is 48.5 Å². The Morgan fingerprint density at radius 2 is 1.85 bits per heavy atom. The summed E-state index contributed by atoms with van der Waals surface area (Å²) >= 11 is 6.21. The third-order valence-corrected chi connectivity index (χ3v) is 4.27. The van der Waals surface area contributed by atoms with Gasteiger partial charge in [0.2, 0.25) is 0 Å². The summed E-state index contributed by atoms with van der Waals surface area (Å²) in [5, 5.41) is 4.25. The number of methoxy groups -OCH3 is 1. The number of anilines is 1. The van der Waals surface area contributed by atoms with Gasteiger partial charge in [-0.3, -0.25) is 0 Å². The average molecular weight is 288 g/mol. The molecule has 0 heterocycles. The molecule has 1 saturated carbocycles. The van der Waals surface area contributed by atoms with Gasteiger partial charge in [0, 0.05) is 12.1 Å². The fourth-order valence-corrected chi connectivity index (χ4v) is 2.87. The average Bonchev–Trinajstić information content (AvgIpc) is 2.45. The van der Waals surface area contributed by atoms with Gasteiger partial charge in [-0.05, 0) is 36.5 Å². The van der Waals surface area contributed by atoms with Crippen LogP contribution in [-0.2, 0) is 0 Å². The summed E-state index contributed by atoms with van der Waals surface area (Å²) in [5.74, 6) is 1.49. The summed E-state index contributed by atoms with van der Waals surface area (Å²) in [7, 11) is 1.67. The van der Waals surface area contributed by atoms with Crippen LogP contribution in [0.4, 0.5) is 5.69 Å². The Morgan fingerprint density at radius 1 is 1.10 bits per heavy atom. The van der Waals surface area contributed by atoms with Gasteiger partial charge in [0.25, 0.3) is 0 Å². The molecule has 0 saturated heterocycles. The van der Waals surface area contributed by atoms with Gasteiger partial charge in [0.1, 0.15) is 5.75 Å². The van der Waals surface area contributed by atoms with Gasteiger partial charge in [-0.15, -0.1) is 0 Å². The van der Waals surface area contributed by atoms with Gasteiger partial charge in [0.15, 0.2) is 0 Å². The van der Waals surface area contributed by atoms with E-state index in [-0.39, 0.29) is 0 Å². The standard InChI is InChI=1S/C17H18ClNO/c1-20-15-7-8-16(18)17(11-15)19-14-9-13(10-14)12-5-3-2-4-6-12/h2-8,11,13-14,19H,9-10H2,1H3. The Morgan fingerprint density at radius 3 is 2.55 bits per heavy atom. The van der Waals surface area contributed by atoms with Crippen molar-refractivity contribution in [3.8, 4) is 5.75 Å². The predicted molar refractivity (Wildman–Crippen MR) is 83.8 cm³/mol. The van der Waals surface area contributed by atoms with E-state index in [0.29, 0.717) is 12.0 Å². The van der Waals surface area contributed by atoms with Crippen molar-refractivity contribution in [2.45, 2.75) is 24.8 Å². The second-order valence-corrected chi connectivity index (χ2v) is 5.67. The molecule has 2 aromatic carbocycles. The zero-order valence-electron chi connectivity index (χ0n) is 11.5. The third kappa shape index (κ3) is 2.75. The van der Waals surface area contributed by atoms with Crippen LogP contribution in [0, 0.1) is 0 Å². The van der Waals surface area contributed by atoms with Crippen LogP contribution in [0.1, 0.15) is 24.3 Å². The number of ether oxygens (including phenoxy) is 1. The van der Waals surface area contributed by atoms with Crippen LogP contribution in [0.3, 0.4) is 0 Å². The van der Waals surface area contributed by atoms with Crippen LogP contribution in [0.25, 0.3) is 0 Å². The van der Waals surface area contributed by atoms with Crippen molar-refractivity contribution in [3.05, 3.63) is 59.1 Å². The molecule has 1 N–H and O–H groups in total. The van der Waals surface area contributed by atoms with E-state index in [1.54, 1.807) is 7.11 Å². The zero-order chi connectivity index (χ0) is 13.9. The Labute approximate surface area is 124 Å². The number of halogens is 1. The molecule has 0 spiro atoms. The van der Waals surface area contributed by atoms with Gasteiger partial charge >= 0.3 is 0 Å². The Bertz CT molecular complexity index is 579. The van der Waals surface area contributed by atoms with Crippen molar-refractivity contribution in [1.29, 1.82) is 0 Å². The molecule has 0 aromatic heterocycles. The summed E-state index contributed by atoms with van der Waals surface area (Å²) in [6.07, 6.45) is 2.30. The lowest BCUT2D eigenvalue weighted by Crippen LogP contribution is -2.34. The van der Waals surface area contributed by atoms with Crippen molar-refractivity contribution in [2.24, 2.45) is 0 Å². The quantitative estimate of drug-likeness (QED) is 0.879. The van der Waals surface area contributed by atoms with E-state index in [0.717, 1.165) is 29.3 Å². The van der Waals surface area contributed by atoms with E-state index in [1.165, 1.54) is 5.56 Å². The molecule has 1 fully saturated rings. The molecule has 20 heavy (non-hydrogen) atoms. The minimum absolute atomic E-state index is 0.491. The normalized spacial score (nSPS) is 21.1. The SMILES string of the molecule is COc1ccc(Cl)c(NC2CC(c3ccccc3)C2)c1. The fourth-order valence-electron chi connectivity index (χ4n) is 2.69.